The van der Waals surface area contributed by atoms with Crippen molar-refractivity contribution in [3.63, 3.8) is 0 Å². The molecule has 0 fully saturated rings. The molecule has 5 nitrogen and oxygen atoms in total. The normalized spacial score (nSPS) is 10.2. The molecule has 0 aliphatic rings. The van der Waals surface area contributed by atoms with E-state index in [1.165, 1.54) is 0 Å². The predicted molar refractivity (Wildman–Crippen MR) is 73.9 cm³/mol. The Bertz CT molecular complexity index is 232. The van der Waals surface area contributed by atoms with Gasteiger partial charge in [0.05, 0.1) is 13.1 Å². The lowest BCUT2D eigenvalue weighted by atomic mass is 10.3. The Kier molecular flexibility index (Phi) is 13.5. The zero-order valence-electron chi connectivity index (χ0n) is 12.4. The van der Waals surface area contributed by atoms with E-state index in [0.29, 0.717) is 19.6 Å². The van der Waals surface area contributed by atoms with Crippen molar-refractivity contribution >= 4 is 11.8 Å². The van der Waals surface area contributed by atoms with Crippen LogP contribution in [0, 0.1) is 0 Å². The second-order valence-corrected chi connectivity index (χ2v) is 4.11. The van der Waals surface area contributed by atoms with Gasteiger partial charge in [0.25, 0.3) is 0 Å². The van der Waals surface area contributed by atoms with E-state index in [1.807, 2.05) is 37.6 Å². The predicted octanol–water partition coefficient (Wildman–Crippen LogP) is 1.33. The quantitative estimate of drug-likeness (QED) is 0.677. The minimum atomic E-state index is -0.803. The van der Waals surface area contributed by atoms with E-state index in [1.54, 1.807) is 6.92 Å². The first-order chi connectivity index (χ1) is 8.45. The lowest BCUT2D eigenvalue weighted by Gasteiger charge is -2.23. The number of ketones is 1. The zero-order chi connectivity index (χ0) is 14.6. The number of hydrogen-bond acceptors (Lipinski definition) is 4. The van der Waals surface area contributed by atoms with Crippen molar-refractivity contribution in [2.45, 2.75) is 34.1 Å². The maximum Gasteiger partial charge on any atom is 0.317 e. The van der Waals surface area contributed by atoms with Crippen LogP contribution in [0.25, 0.3) is 0 Å². The Hall–Kier alpha value is -0.940. The third-order valence-electron chi connectivity index (χ3n) is 2.19. The van der Waals surface area contributed by atoms with Crippen LogP contribution in [-0.4, -0.2) is 66.4 Å². The van der Waals surface area contributed by atoms with Gasteiger partial charge in [-0.2, -0.15) is 0 Å². The monoisotopic (exact) mass is 260 g/mol. The second-order valence-electron chi connectivity index (χ2n) is 4.11. The van der Waals surface area contributed by atoms with Crippen LogP contribution < -0.4 is 0 Å². The maximum absolute atomic E-state index is 10.9. The van der Waals surface area contributed by atoms with E-state index in [9.17, 15) is 9.59 Å². The van der Waals surface area contributed by atoms with Crippen LogP contribution in [-0.2, 0) is 9.59 Å². The molecule has 0 aliphatic heterocycles. The molecule has 1 N–H and O–H groups in total. The fourth-order valence-electron chi connectivity index (χ4n) is 1.55. The molecule has 0 saturated heterocycles. The minimum Gasteiger partial charge on any atom is -0.480 e. The highest BCUT2D eigenvalue weighted by molar-refractivity contribution is 5.77. The zero-order valence-corrected chi connectivity index (χ0v) is 12.4. The summed E-state index contributed by atoms with van der Waals surface area (Å²) in [4.78, 5) is 25.2. The standard InChI is InChI=1S/C11H22N2O3.C2H6/c1-4-5-13(9-11(15)16)7-6-12(3)8-10(2)14;1-2/h4-9H2,1-3H3,(H,15,16);1-2H3. The van der Waals surface area contributed by atoms with Crippen LogP contribution in [0.5, 0.6) is 0 Å². The molecular weight excluding hydrogens is 232 g/mol. The number of carboxylic acid groups (broad SMARTS) is 1. The molecule has 0 aromatic carbocycles. The summed E-state index contributed by atoms with van der Waals surface area (Å²) in [5, 5.41) is 8.71. The first-order valence-corrected chi connectivity index (χ1v) is 6.57. The lowest BCUT2D eigenvalue weighted by Crippen LogP contribution is -2.38. The van der Waals surface area contributed by atoms with E-state index >= 15 is 0 Å². The lowest BCUT2D eigenvalue weighted by molar-refractivity contribution is -0.138. The van der Waals surface area contributed by atoms with Gasteiger partial charge in [0.15, 0.2) is 0 Å². The van der Waals surface area contributed by atoms with E-state index in [2.05, 4.69) is 0 Å². The van der Waals surface area contributed by atoms with Gasteiger partial charge in [-0.1, -0.05) is 20.8 Å². The topological polar surface area (TPSA) is 60.9 Å². The molecule has 5 heteroatoms. The van der Waals surface area contributed by atoms with E-state index in [4.69, 9.17) is 5.11 Å². The van der Waals surface area contributed by atoms with Crippen molar-refractivity contribution in [3.8, 4) is 0 Å². The van der Waals surface area contributed by atoms with Crippen molar-refractivity contribution < 1.29 is 14.7 Å². The van der Waals surface area contributed by atoms with Crippen LogP contribution >= 0.6 is 0 Å². The maximum atomic E-state index is 10.9. The molecule has 0 unspecified atom stereocenters. The fraction of sp³-hybridized carbons (Fsp3) is 0.846. The van der Waals surface area contributed by atoms with Crippen LogP contribution in [0.15, 0.2) is 0 Å². The highest BCUT2D eigenvalue weighted by Crippen LogP contribution is 1.93. The number of likely N-dealkylation sites (N-methyl/N-ethyl adjacent to an activating group) is 1. The third-order valence-corrected chi connectivity index (χ3v) is 2.19. The second kappa shape index (κ2) is 12.5. The van der Waals surface area contributed by atoms with Gasteiger partial charge in [-0.25, -0.2) is 0 Å². The number of rotatable bonds is 9. The molecule has 0 heterocycles. The number of aliphatic carboxylic acids is 1. The number of carbonyl (C=O) groups excluding carboxylic acids is 1. The Morgan fingerprint density at radius 3 is 2.00 bits per heavy atom. The van der Waals surface area contributed by atoms with Gasteiger partial charge in [0.1, 0.15) is 5.78 Å². The molecule has 0 atom stereocenters. The molecule has 0 saturated carbocycles. The fourth-order valence-corrected chi connectivity index (χ4v) is 1.55. The number of carbonyl (C=O) groups is 2. The van der Waals surface area contributed by atoms with Gasteiger partial charge in [-0.3, -0.25) is 19.4 Å². The highest BCUT2D eigenvalue weighted by atomic mass is 16.4. The van der Waals surface area contributed by atoms with Gasteiger partial charge < -0.3 is 5.11 Å². The molecule has 0 rings (SSSR count). The van der Waals surface area contributed by atoms with Gasteiger partial charge in [-0.05, 0) is 26.9 Å². The molecule has 108 valence electrons. The molecule has 0 aliphatic carbocycles. The molecule has 0 amide bonds. The molecule has 0 bridgehead atoms. The molecule has 0 radical (unpaired) electrons. The summed E-state index contributed by atoms with van der Waals surface area (Å²) < 4.78 is 0. The molecule has 0 aromatic rings. The molecule has 0 aromatic heterocycles. The first kappa shape index (κ1) is 19.4. The average molecular weight is 260 g/mol. The van der Waals surface area contributed by atoms with Crippen molar-refractivity contribution in [1.29, 1.82) is 0 Å². The molecule has 0 spiro atoms. The molecule has 18 heavy (non-hydrogen) atoms. The smallest absolute Gasteiger partial charge is 0.317 e. The van der Waals surface area contributed by atoms with Crippen molar-refractivity contribution in [2.75, 3.05) is 39.8 Å². The van der Waals surface area contributed by atoms with Crippen LogP contribution in [0.2, 0.25) is 0 Å². The Balaban J connectivity index is 0. The number of carboxylic acids is 1. The Labute approximate surface area is 111 Å². The van der Waals surface area contributed by atoms with E-state index in [-0.39, 0.29) is 12.3 Å². The van der Waals surface area contributed by atoms with Gasteiger partial charge in [0, 0.05) is 13.1 Å². The highest BCUT2D eigenvalue weighted by Gasteiger charge is 2.10. The van der Waals surface area contributed by atoms with Crippen molar-refractivity contribution in [3.05, 3.63) is 0 Å². The van der Waals surface area contributed by atoms with Gasteiger partial charge in [0.2, 0.25) is 0 Å². The van der Waals surface area contributed by atoms with E-state index < -0.39 is 5.97 Å². The van der Waals surface area contributed by atoms with Crippen LogP contribution in [0.3, 0.4) is 0 Å². The van der Waals surface area contributed by atoms with Crippen LogP contribution in [0.4, 0.5) is 0 Å². The van der Waals surface area contributed by atoms with Crippen molar-refractivity contribution in [2.24, 2.45) is 0 Å². The first-order valence-electron chi connectivity index (χ1n) is 6.57. The third kappa shape index (κ3) is 13.1. The summed E-state index contributed by atoms with van der Waals surface area (Å²) in [6.07, 6.45) is 0.934. The SMILES string of the molecule is CC.CCCN(CCN(C)CC(C)=O)CC(=O)O. The van der Waals surface area contributed by atoms with Gasteiger partial charge in [-0.15, -0.1) is 0 Å². The summed E-state index contributed by atoms with van der Waals surface area (Å²) in [7, 11) is 1.87. The average Bonchev–Trinajstić information content (AvgIpc) is 2.27. The number of Topliss-reactive ketones (excluding diaryl/α,β-unsaturated/α-hetero) is 1. The Morgan fingerprint density at radius 1 is 1.06 bits per heavy atom. The number of hydrogen-bond donors (Lipinski definition) is 1. The number of nitrogens with zero attached hydrogens (tertiary/aromatic N) is 2. The minimum absolute atomic E-state index is 0.0712. The molecular formula is C13H28N2O3. The summed E-state index contributed by atoms with van der Waals surface area (Å²) in [6, 6.07) is 0. The summed E-state index contributed by atoms with van der Waals surface area (Å²) >= 11 is 0. The summed E-state index contributed by atoms with van der Waals surface area (Å²) in [5.41, 5.74) is 0. The Morgan fingerprint density at radius 2 is 1.61 bits per heavy atom. The largest absolute Gasteiger partial charge is 0.480 e. The van der Waals surface area contributed by atoms with E-state index in [0.717, 1.165) is 13.0 Å². The van der Waals surface area contributed by atoms with Gasteiger partial charge >= 0.3 is 5.97 Å². The van der Waals surface area contributed by atoms with Crippen molar-refractivity contribution in [1.82, 2.24) is 9.80 Å². The summed E-state index contributed by atoms with van der Waals surface area (Å²) in [5.74, 6) is -0.676. The van der Waals surface area contributed by atoms with Crippen LogP contribution in [0.1, 0.15) is 34.1 Å². The summed E-state index contributed by atoms with van der Waals surface area (Å²) in [6.45, 7) is 10.2.